The lowest BCUT2D eigenvalue weighted by atomic mass is 10.1. The number of anilines is 1. The van der Waals surface area contributed by atoms with E-state index in [1.165, 1.54) is 11.8 Å². The fourth-order valence-corrected chi connectivity index (χ4v) is 5.38. The van der Waals surface area contributed by atoms with Gasteiger partial charge in [0.05, 0.1) is 18.5 Å². The molecule has 0 saturated carbocycles. The highest BCUT2D eigenvalue weighted by atomic mass is 35.5. The highest BCUT2D eigenvalue weighted by Crippen LogP contribution is 2.41. The van der Waals surface area contributed by atoms with Crippen molar-refractivity contribution in [1.29, 1.82) is 0 Å². The average Bonchev–Trinajstić information content (AvgIpc) is 3.62. The number of nitrogens with one attached hydrogen (secondary N) is 2. The molecule has 1 aliphatic heterocycles. The van der Waals surface area contributed by atoms with E-state index >= 15 is 0 Å². The second-order valence-corrected chi connectivity index (χ2v) is 10.9. The minimum atomic E-state index is -0.832. The van der Waals surface area contributed by atoms with Crippen LogP contribution in [0.5, 0.6) is 0 Å². The first-order valence-corrected chi connectivity index (χ1v) is 14.3. The zero-order chi connectivity index (χ0) is 29.5. The lowest BCUT2D eigenvalue weighted by Gasteiger charge is -2.16. The van der Waals surface area contributed by atoms with Gasteiger partial charge in [0, 0.05) is 10.7 Å². The van der Waals surface area contributed by atoms with Crippen LogP contribution in [0.15, 0.2) is 107 Å². The first-order chi connectivity index (χ1) is 20.4. The van der Waals surface area contributed by atoms with Crippen molar-refractivity contribution in [3.63, 3.8) is 0 Å². The van der Waals surface area contributed by atoms with Crippen LogP contribution < -0.4 is 10.6 Å². The van der Waals surface area contributed by atoms with Gasteiger partial charge in [-0.05, 0) is 66.6 Å². The Morgan fingerprint density at radius 1 is 1.02 bits per heavy atom. The van der Waals surface area contributed by atoms with Crippen molar-refractivity contribution >= 4 is 57.8 Å². The Labute approximate surface area is 251 Å². The van der Waals surface area contributed by atoms with Crippen LogP contribution in [0, 0.1) is 0 Å². The van der Waals surface area contributed by atoms with E-state index in [1.54, 1.807) is 72.7 Å². The molecule has 11 heteroatoms. The molecule has 1 aromatic heterocycles. The van der Waals surface area contributed by atoms with Crippen LogP contribution in [0.25, 0.3) is 0 Å². The van der Waals surface area contributed by atoms with Crippen molar-refractivity contribution in [1.82, 2.24) is 10.2 Å². The van der Waals surface area contributed by atoms with Crippen molar-refractivity contribution < 1.29 is 23.5 Å². The van der Waals surface area contributed by atoms with Gasteiger partial charge in [-0.15, -0.1) is 0 Å². The molecule has 5 rings (SSSR count). The van der Waals surface area contributed by atoms with Crippen LogP contribution in [0.2, 0.25) is 5.02 Å². The molecule has 214 valence electrons. The molecular weight excluding hydrogens is 576 g/mol. The van der Waals surface area contributed by atoms with Crippen molar-refractivity contribution in [3.05, 3.63) is 119 Å². The largest absolute Gasteiger partial charge is 0.467 e. The van der Waals surface area contributed by atoms with Crippen LogP contribution in [-0.2, 0) is 27.5 Å². The Kier molecular flexibility index (Phi) is 9.25. The molecule has 1 saturated heterocycles. The van der Waals surface area contributed by atoms with Crippen LogP contribution in [0.3, 0.4) is 0 Å². The summed E-state index contributed by atoms with van der Waals surface area (Å²) in [5, 5.41) is 5.91. The standard InChI is InChI=1S/C31H27ClN4O5S/c1-20(33-31(39)41-19-21-6-3-2-4-7-21)28(37)34-24-13-9-22(10-14-24)27-29(38)36(18-26-8-5-17-40-26)30(42-27)35-25-15-11-23(32)12-16-25/h2-17,20,27H,18-19H2,1H3,(H,33,39)(H,34,37)/t20-,27?/m1/s1. The average molecular weight is 603 g/mol. The van der Waals surface area contributed by atoms with Crippen molar-refractivity contribution in [2.45, 2.75) is 31.4 Å². The van der Waals surface area contributed by atoms with E-state index in [0.29, 0.717) is 27.3 Å². The number of ether oxygens (including phenoxy) is 1. The second-order valence-electron chi connectivity index (χ2n) is 9.41. The molecule has 42 heavy (non-hydrogen) atoms. The highest BCUT2D eigenvalue weighted by Gasteiger charge is 2.39. The summed E-state index contributed by atoms with van der Waals surface area (Å²) in [6.45, 7) is 1.91. The van der Waals surface area contributed by atoms with Gasteiger partial charge in [-0.2, -0.15) is 0 Å². The lowest BCUT2D eigenvalue weighted by Crippen LogP contribution is -2.41. The third-order valence-electron chi connectivity index (χ3n) is 6.31. The summed E-state index contributed by atoms with van der Waals surface area (Å²) >= 11 is 7.35. The summed E-state index contributed by atoms with van der Waals surface area (Å²) in [4.78, 5) is 44.6. The van der Waals surface area contributed by atoms with Gasteiger partial charge in [-0.1, -0.05) is 65.8 Å². The van der Waals surface area contributed by atoms with E-state index in [1.807, 2.05) is 36.4 Å². The molecule has 0 radical (unpaired) electrons. The van der Waals surface area contributed by atoms with Crippen molar-refractivity contribution in [2.75, 3.05) is 5.32 Å². The molecule has 2 atom stereocenters. The van der Waals surface area contributed by atoms with E-state index in [9.17, 15) is 14.4 Å². The maximum atomic E-state index is 13.5. The minimum Gasteiger partial charge on any atom is -0.467 e. The number of hydrogen-bond donors (Lipinski definition) is 2. The molecule has 3 aromatic carbocycles. The molecule has 4 aromatic rings. The summed E-state index contributed by atoms with van der Waals surface area (Å²) in [6.07, 6.45) is 0.872. The first kappa shape index (κ1) is 29.0. The van der Waals surface area contributed by atoms with E-state index in [2.05, 4.69) is 10.6 Å². The predicted molar refractivity (Wildman–Crippen MR) is 162 cm³/mol. The number of amidine groups is 1. The van der Waals surface area contributed by atoms with E-state index in [4.69, 9.17) is 25.7 Å². The van der Waals surface area contributed by atoms with Crippen LogP contribution in [0.4, 0.5) is 16.2 Å². The maximum Gasteiger partial charge on any atom is 0.408 e. The molecular formula is C31H27ClN4O5S. The first-order valence-electron chi connectivity index (χ1n) is 13.1. The van der Waals surface area contributed by atoms with Gasteiger partial charge in [0.15, 0.2) is 5.17 Å². The zero-order valence-corrected chi connectivity index (χ0v) is 24.1. The fourth-order valence-electron chi connectivity index (χ4n) is 4.08. The highest BCUT2D eigenvalue weighted by molar-refractivity contribution is 8.15. The number of rotatable bonds is 9. The number of aliphatic imine (C=N–C) groups is 1. The Morgan fingerprint density at radius 3 is 2.45 bits per heavy atom. The number of carbonyl (C=O) groups is 3. The number of furan rings is 1. The van der Waals surface area contributed by atoms with Gasteiger partial charge in [0.2, 0.25) is 11.8 Å². The van der Waals surface area contributed by atoms with Crippen molar-refractivity contribution in [3.8, 4) is 0 Å². The van der Waals surface area contributed by atoms with Gasteiger partial charge in [-0.3, -0.25) is 14.5 Å². The molecule has 1 unspecified atom stereocenters. The van der Waals surface area contributed by atoms with E-state index in [0.717, 1.165) is 11.1 Å². The van der Waals surface area contributed by atoms with Gasteiger partial charge in [0.1, 0.15) is 23.7 Å². The second kappa shape index (κ2) is 13.4. The van der Waals surface area contributed by atoms with Gasteiger partial charge in [0.25, 0.3) is 0 Å². The molecule has 0 spiro atoms. The minimum absolute atomic E-state index is 0.103. The molecule has 1 fully saturated rings. The normalized spacial score (nSPS) is 16.3. The molecule has 0 aliphatic carbocycles. The predicted octanol–water partition coefficient (Wildman–Crippen LogP) is 6.69. The quantitative estimate of drug-likeness (QED) is 0.221. The molecule has 9 nitrogen and oxygen atoms in total. The van der Waals surface area contributed by atoms with Gasteiger partial charge >= 0.3 is 6.09 Å². The number of benzene rings is 3. The number of alkyl carbamates (subject to hydrolysis) is 1. The maximum absolute atomic E-state index is 13.5. The van der Waals surface area contributed by atoms with Crippen LogP contribution >= 0.6 is 23.4 Å². The smallest absolute Gasteiger partial charge is 0.408 e. The number of hydrogen-bond acceptors (Lipinski definition) is 7. The SMILES string of the molecule is C[C@@H](NC(=O)OCc1ccccc1)C(=O)Nc1ccc(C2SC(=Nc3ccc(Cl)cc3)N(Cc3ccco3)C2=O)cc1. The zero-order valence-electron chi connectivity index (χ0n) is 22.5. The molecule has 1 aliphatic rings. The summed E-state index contributed by atoms with van der Waals surface area (Å²) in [6, 6.07) is 26.1. The molecule has 2 heterocycles. The van der Waals surface area contributed by atoms with Gasteiger partial charge in [-0.25, -0.2) is 9.79 Å². The summed E-state index contributed by atoms with van der Waals surface area (Å²) in [7, 11) is 0. The third-order valence-corrected chi connectivity index (χ3v) is 7.80. The summed E-state index contributed by atoms with van der Waals surface area (Å²) in [5.74, 6) is 0.0959. The Morgan fingerprint density at radius 2 is 1.76 bits per heavy atom. The number of thioether (sulfide) groups is 1. The Hall–Kier alpha value is -4.54. The Balaban J connectivity index is 1.22. The number of carbonyl (C=O) groups excluding carboxylic acids is 3. The summed E-state index contributed by atoms with van der Waals surface area (Å²) < 4.78 is 10.7. The monoisotopic (exact) mass is 602 g/mol. The molecule has 0 bridgehead atoms. The number of amides is 3. The Bertz CT molecular complexity index is 1560. The number of halogens is 1. The van der Waals surface area contributed by atoms with E-state index < -0.39 is 23.3 Å². The summed E-state index contributed by atoms with van der Waals surface area (Å²) in [5.41, 5.74) is 2.79. The van der Waals surface area contributed by atoms with Crippen molar-refractivity contribution in [2.24, 2.45) is 4.99 Å². The number of nitrogens with zero attached hydrogens (tertiary/aromatic N) is 2. The van der Waals surface area contributed by atoms with E-state index in [-0.39, 0.29) is 19.1 Å². The van der Waals surface area contributed by atoms with Gasteiger partial charge < -0.3 is 19.8 Å². The fraction of sp³-hybridized carbons (Fsp3) is 0.161. The third kappa shape index (κ3) is 7.39. The molecule has 3 amide bonds. The lowest BCUT2D eigenvalue weighted by molar-refractivity contribution is -0.126. The van der Waals surface area contributed by atoms with Crippen LogP contribution in [-0.4, -0.2) is 34.0 Å². The topological polar surface area (TPSA) is 113 Å². The molecule has 2 N–H and O–H groups in total. The van der Waals surface area contributed by atoms with Crippen LogP contribution in [0.1, 0.15) is 29.1 Å².